The lowest BCUT2D eigenvalue weighted by Gasteiger charge is -2.14. The monoisotopic (exact) mass is 239 g/mol. The molecule has 1 aromatic carbocycles. The Morgan fingerprint density at radius 3 is 2.82 bits per heavy atom. The average molecular weight is 239 g/mol. The van der Waals surface area contributed by atoms with Gasteiger partial charge in [0.1, 0.15) is 11.6 Å². The normalized spacial score (nSPS) is 12.5. The average Bonchev–Trinajstić information content (AvgIpc) is 2.33. The molecule has 1 aromatic rings. The minimum absolute atomic E-state index is 0.243. The quantitative estimate of drug-likeness (QED) is 0.737. The third-order valence-corrected chi connectivity index (χ3v) is 3.01. The second-order valence-corrected chi connectivity index (χ2v) is 4.29. The Morgan fingerprint density at radius 2 is 2.18 bits per heavy atom. The summed E-state index contributed by atoms with van der Waals surface area (Å²) in [6, 6.07) is 5.20. The van der Waals surface area contributed by atoms with Gasteiger partial charge in [0.2, 0.25) is 0 Å². The fourth-order valence-electron chi connectivity index (χ4n) is 1.79. The van der Waals surface area contributed by atoms with Crippen LogP contribution in [0.25, 0.3) is 0 Å². The Bertz CT molecular complexity index is 337. The molecule has 17 heavy (non-hydrogen) atoms. The van der Waals surface area contributed by atoms with E-state index >= 15 is 0 Å². The first-order chi connectivity index (χ1) is 8.17. The molecule has 0 aromatic heterocycles. The van der Waals surface area contributed by atoms with Crippen molar-refractivity contribution in [2.75, 3.05) is 13.7 Å². The standard InChI is InChI=1S/C14H22FNO/c1-4-13(16-3)6-5-9-17-14-10-12(15)8-7-11(14)2/h7-8,10,13,16H,4-6,9H2,1-3H3. The number of benzene rings is 1. The SMILES string of the molecule is CCC(CCCOc1cc(F)ccc1C)NC. The summed E-state index contributed by atoms with van der Waals surface area (Å²) in [7, 11) is 1.98. The Kier molecular flexibility index (Phi) is 5.98. The number of halogens is 1. The van der Waals surface area contributed by atoms with Crippen LogP contribution in [0, 0.1) is 12.7 Å². The van der Waals surface area contributed by atoms with Crippen LogP contribution in [-0.4, -0.2) is 19.7 Å². The summed E-state index contributed by atoms with van der Waals surface area (Å²) in [5, 5.41) is 3.26. The summed E-state index contributed by atoms with van der Waals surface area (Å²) in [5.41, 5.74) is 0.979. The van der Waals surface area contributed by atoms with Gasteiger partial charge >= 0.3 is 0 Å². The zero-order chi connectivity index (χ0) is 12.7. The molecular formula is C14H22FNO. The molecule has 0 aliphatic rings. The first kappa shape index (κ1) is 14.0. The zero-order valence-corrected chi connectivity index (χ0v) is 10.9. The van der Waals surface area contributed by atoms with E-state index in [1.807, 2.05) is 14.0 Å². The van der Waals surface area contributed by atoms with Crippen LogP contribution < -0.4 is 10.1 Å². The Labute approximate surface area is 103 Å². The molecule has 0 spiro atoms. The number of ether oxygens (including phenoxy) is 1. The van der Waals surface area contributed by atoms with Gasteiger partial charge in [-0.3, -0.25) is 0 Å². The van der Waals surface area contributed by atoms with Gasteiger partial charge in [-0.05, 0) is 44.9 Å². The molecule has 1 N–H and O–H groups in total. The number of nitrogens with one attached hydrogen (secondary N) is 1. The molecule has 0 radical (unpaired) electrons. The molecule has 0 saturated carbocycles. The molecule has 0 aliphatic heterocycles. The molecule has 96 valence electrons. The van der Waals surface area contributed by atoms with E-state index in [4.69, 9.17) is 4.74 Å². The fourth-order valence-corrected chi connectivity index (χ4v) is 1.79. The first-order valence-electron chi connectivity index (χ1n) is 6.23. The highest BCUT2D eigenvalue weighted by Gasteiger charge is 2.04. The van der Waals surface area contributed by atoms with E-state index in [9.17, 15) is 4.39 Å². The number of aryl methyl sites for hydroxylation is 1. The molecule has 0 bridgehead atoms. The van der Waals surface area contributed by atoms with Crippen molar-refractivity contribution in [3.8, 4) is 5.75 Å². The minimum atomic E-state index is -0.243. The summed E-state index contributed by atoms with van der Waals surface area (Å²) in [6.45, 7) is 4.73. The van der Waals surface area contributed by atoms with Gasteiger partial charge in [0.15, 0.2) is 0 Å². The van der Waals surface area contributed by atoms with E-state index in [1.54, 1.807) is 6.07 Å². The van der Waals surface area contributed by atoms with E-state index in [2.05, 4.69) is 12.2 Å². The van der Waals surface area contributed by atoms with E-state index in [0.717, 1.165) is 24.8 Å². The van der Waals surface area contributed by atoms with Crippen LogP contribution in [0.2, 0.25) is 0 Å². The Hall–Kier alpha value is -1.09. The van der Waals surface area contributed by atoms with Gasteiger partial charge in [-0.1, -0.05) is 13.0 Å². The third-order valence-electron chi connectivity index (χ3n) is 3.01. The van der Waals surface area contributed by atoms with Crippen LogP contribution in [0.1, 0.15) is 31.7 Å². The van der Waals surface area contributed by atoms with Crippen LogP contribution in [0.4, 0.5) is 4.39 Å². The lowest BCUT2D eigenvalue weighted by atomic mass is 10.1. The third kappa shape index (κ3) is 4.73. The van der Waals surface area contributed by atoms with Gasteiger partial charge in [0.05, 0.1) is 6.61 Å². The summed E-state index contributed by atoms with van der Waals surface area (Å²) in [5.74, 6) is 0.412. The lowest BCUT2D eigenvalue weighted by Crippen LogP contribution is -2.24. The van der Waals surface area contributed by atoms with Crippen molar-refractivity contribution in [3.05, 3.63) is 29.6 Å². The molecule has 0 fully saturated rings. The second-order valence-electron chi connectivity index (χ2n) is 4.29. The van der Waals surface area contributed by atoms with Gasteiger partial charge in [0.25, 0.3) is 0 Å². The number of rotatable bonds is 7. The molecule has 0 aliphatic carbocycles. The highest BCUT2D eigenvalue weighted by Crippen LogP contribution is 2.19. The zero-order valence-electron chi connectivity index (χ0n) is 10.9. The van der Waals surface area contributed by atoms with Crippen molar-refractivity contribution in [1.29, 1.82) is 0 Å². The van der Waals surface area contributed by atoms with Crippen LogP contribution in [0.15, 0.2) is 18.2 Å². The van der Waals surface area contributed by atoms with E-state index in [-0.39, 0.29) is 5.82 Å². The maximum atomic E-state index is 13.0. The summed E-state index contributed by atoms with van der Waals surface area (Å²) in [4.78, 5) is 0. The largest absolute Gasteiger partial charge is 0.493 e. The molecule has 2 nitrogen and oxygen atoms in total. The molecule has 0 heterocycles. The predicted molar refractivity (Wildman–Crippen MR) is 69.0 cm³/mol. The van der Waals surface area contributed by atoms with Crippen molar-refractivity contribution in [1.82, 2.24) is 5.32 Å². The lowest BCUT2D eigenvalue weighted by molar-refractivity contribution is 0.293. The van der Waals surface area contributed by atoms with Gasteiger partial charge in [-0.25, -0.2) is 4.39 Å². The van der Waals surface area contributed by atoms with Crippen LogP contribution >= 0.6 is 0 Å². The first-order valence-corrected chi connectivity index (χ1v) is 6.23. The van der Waals surface area contributed by atoms with Crippen molar-refractivity contribution in [3.63, 3.8) is 0 Å². The highest BCUT2D eigenvalue weighted by atomic mass is 19.1. The maximum Gasteiger partial charge on any atom is 0.126 e. The van der Waals surface area contributed by atoms with Crippen LogP contribution in [-0.2, 0) is 0 Å². The Morgan fingerprint density at radius 1 is 1.41 bits per heavy atom. The van der Waals surface area contributed by atoms with Gasteiger partial charge in [-0.2, -0.15) is 0 Å². The molecule has 0 saturated heterocycles. The number of hydrogen-bond acceptors (Lipinski definition) is 2. The predicted octanol–water partition coefficient (Wildman–Crippen LogP) is 3.29. The fraction of sp³-hybridized carbons (Fsp3) is 0.571. The molecule has 0 amide bonds. The smallest absolute Gasteiger partial charge is 0.126 e. The van der Waals surface area contributed by atoms with E-state index in [1.165, 1.54) is 12.1 Å². The van der Waals surface area contributed by atoms with Crippen molar-refractivity contribution in [2.45, 2.75) is 39.2 Å². The van der Waals surface area contributed by atoms with Gasteiger partial charge in [-0.15, -0.1) is 0 Å². The summed E-state index contributed by atoms with van der Waals surface area (Å²) >= 11 is 0. The number of hydrogen-bond donors (Lipinski definition) is 1. The van der Waals surface area contributed by atoms with E-state index in [0.29, 0.717) is 18.4 Å². The second kappa shape index (κ2) is 7.28. The molecular weight excluding hydrogens is 217 g/mol. The topological polar surface area (TPSA) is 21.3 Å². The highest BCUT2D eigenvalue weighted by molar-refractivity contribution is 5.32. The molecule has 3 heteroatoms. The van der Waals surface area contributed by atoms with Crippen molar-refractivity contribution < 1.29 is 9.13 Å². The van der Waals surface area contributed by atoms with Gasteiger partial charge in [0, 0.05) is 12.1 Å². The molecule has 1 rings (SSSR count). The van der Waals surface area contributed by atoms with Crippen molar-refractivity contribution >= 4 is 0 Å². The maximum absolute atomic E-state index is 13.0. The minimum Gasteiger partial charge on any atom is -0.493 e. The van der Waals surface area contributed by atoms with Gasteiger partial charge < -0.3 is 10.1 Å². The van der Waals surface area contributed by atoms with E-state index < -0.39 is 0 Å². The van der Waals surface area contributed by atoms with Crippen molar-refractivity contribution in [2.24, 2.45) is 0 Å². The van der Waals surface area contributed by atoms with Crippen LogP contribution in [0.3, 0.4) is 0 Å². The molecule has 1 unspecified atom stereocenters. The Balaban J connectivity index is 2.33. The summed E-state index contributed by atoms with van der Waals surface area (Å²) < 4.78 is 18.6. The molecule has 1 atom stereocenters. The summed E-state index contributed by atoms with van der Waals surface area (Å²) in [6.07, 6.45) is 3.19. The van der Waals surface area contributed by atoms with Crippen LogP contribution in [0.5, 0.6) is 5.75 Å².